The standard InChI is InChI=1S/C14H25N3S/c1-4-12-9-15-13(18-12)11(2)16-10-14(3)7-5-6-8-17-14/h9,11,16-17H,4-8,10H2,1-3H3. The predicted molar refractivity (Wildman–Crippen MR) is 78.2 cm³/mol. The summed E-state index contributed by atoms with van der Waals surface area (Å²) in [6, 6.07) is 0.357. The van der Waals surface area contributed by atoms with Crippen LogP contribution < -0.4 is 10.6 Å². The molecule has 0 radical (unpaired) electrons. The molecule has 1 aromatic rings. The van der Waals surface area contributed by atoms with Crippen molar-refractivity contribution in [3.63, 3.8) is 0 Å². The summed E-state index contributed by atoms with van der Waals surface area (Å²) >= 11 is 1.83. The Morgan fingerprint density at radius 1 is 1.56 bits per heavy atom. The molecule has 18 heavy (non-hydrogen) atoms. The molecule has 1 aliphatic rings. The monoisotopic (exact) mass is 267 g/mol. The minimum atomic E-state index is 0.261. The van der Waals surface area contributed by atoms with Gasteiger partial charge in [-0.1, -0.05) is 13.3 Å². The van der Waals surface area contributed by atoms with Crippen molar-refractivity contribution in [1.82, 2.24) is 15.6 Å². The molecule has 1 saturated heterocycles. The number of thiazole rings is 1. The lowest BCUT2D eigenvalue weighted by atomic mass is 9.91. The van der Waals surface area contributed by atoms with E-state index in [1.807, 2.05) is 17.5 Å². The molecule has 0 saturated carbocycles. The largest absolute Gasteiger partial charge is 0.310 e. The van der Waals surface area contributed by atoms with E-state index in [9.17, 15) is 0 Å². The summed E-state index contributed by atoms with van der Waals surface area (Å²) in [7, 11) is 0. The van der Waals surface area contributed by atoms with Crippen LogP contribution in [0.5, 0.6) is 0 Å². The SMILES string of the molecule is CCc1cnc(C(C)NCC2(C)CCCCN2)s1. The van der Waals surface area contributed by atoms with Crippen LogP contribution in [0.25, 0.3) is 0 Å². The number of nitrogens with zero attached hydrogens (tertiary/aromatic N) is 1. The van der Waals surface area contributed by atoms with Gasteiger partial charge in [0.1, 0.15) is 5.01 Å². The molecular formula is C14H25N3S. The van der Waals surface area contributed by atoms with E-state index < -0.39 is 0 Å². The molecule has 3 nitrogen and oxygen atoms in total. The molecule has 4 heteroatoms. The third kappa shape index (κ3) is 3.53. The zero-order chi connectivity index (χ0) is 13.0. The lowest BCUT2D eigenvalue weighted by molar-refractivity contribution is 0.260. The molecule has 0 bridgehead atoms. The third-order valence-electron chi connectivity index (χ3n) is 3.80. The fourth-order valence-corrected chi connectivity index (χ4v) is 3.31. The molecule has 0 spiro atoms. The van der Waals surface area contributed by atoms with Crippen molar-refractivity contribution in [1.29, 1.82) is 0 Å². The van der Waals surface area contributed by atoms with Gasteiger partial charge in [0.15, 0.2) is 0 Å². The van der Waals surface area contributed by atoms with Crippen molar-refractivity contribution in [3.05, 3.63) is 16.1 Å². The van der Waals surface area contributed by atoms with Crippen LogP contribution in [0.2, 0.25) is 0 Å². The van der Waals surface area contributed by atoms with E-state index in [1.165, 1.54) is 29.1 Å². The summed E-state index contributed by atoms with van der Waals surface area (Å²) in [6.07, 6.45) is 7.03. The van der Waals surface area contributed by atoms with E-state index in [1.54, 1.807) is 0 Å². The Morgan fingerprint density at radius 3 is 3.00 bits per heavy atom. The van der Waals surface area contributed by atoms with Gasteiger partial charge in [0.2, 0.25) is 0 Å². The highest BCUT2D eigenvalue weighted by molar-refractivity contribution is 7.11. The van der Waals surface area contributed by atoms with Gasteiger partial charge in [-0.05, 0) is 39.7 Å². The molecule has 0 aliphatic carbocycles. The lowest BCUT2D eigenvalue weighted by Crippen LogP contribution is -2.52. The van der Waals surface area contributed by atoms with Crippen molar-refractivity contribution in [2.75, 3.05) is 13.1 Å². The van der Waals surface area contributed by atoms with Crippen LogP contribution in [0.3, 0.4) is 0 Å². The highest BCUT2D eigenvalue weighted by atomic mass is 32.1. The molecule has 1 fully saturated rings. The van der Waals surface area contributed by atoms with Crippen LogP contribution in [-0.2, 0) is 6.42 Å². The average molecular weight is 267 g/mol. The fraction of sp³-hybridized carbons (Fsp3) is 0.786. The summed E-state index contributed by atoms with van der Waals surface area (Å²) in [6.45, 7) is 8.90. The van der Waals surface area contributed by atoms with Gasteiger partial charge < -0.3 is 10.6 Å². The molecule has 0 aromatic carbocycles. The Morgan fingerprint density at radius 2 is 2.39 bits per heavy atom. The number of aryl methyl sites for hydroxylation is 1. The molecule has 2 N–H and O–H groups in total. The predicted octanol–water partition coefficient (Wildman–Crippen LogP) is 2.89. The number of nitrogens with one attached hydrogen (secondary N) is 2. The normalized spacial score (nSPS) is 26.2. The molecule has 1 aliphatic heterocycles. The zero-order valence-electron chi connectivity index (χ0n) is 11.8. The second-order valence-electron chi connectivity index (χ2n) is 5.57. The Balaban J connectivity index is 1.85. The molecule has 2 unspecified atom stereocenters. The van der Waals surface area contributed by atoms with E-state index in [0.717, 1.165) is 19.5 Å². The summed E-state index contributed by atoms with van der Waals surface area (Å²) in [5, 5.41) is 8.49. The molecule has 2 rings (SSSR count). The number of hydrogen-bond acceptors (Lipinski definition) is 4. The number of hydrogen-bond donors (Lipinski definition) is 2. The molecule has 2 heterocycles. The maximum Gasteiger partial charge on any atom is 0.109 e. The smallest absolute Gasteiger partial charge is 0.109 e. The van der Waals surface area contributed by atoms with Crippen LogP contribution in [-0.4, -0.2) is 23.6 Å². The first-order valence-corrected chi connectivity index (χ1v) is 7.87. The minimum Gasteiger partial charge on any atom is -0.310 e. The van der Waals surface area contributed by atoms with Gasteiger partial charge in [0, 0.05) is 23.2 Å². The van der Waals surface area contributed by atoms with E-state index in [2.05, 4.69) is 36.4 Å². The van der Waals surface area contributed by atoms with Crippen molar-refractivity contribution < 1.29 is 0 Å². The van der Waals surface area contributed by atoms with Crippen molar-refractivity contribution in [2.24, 2.45) is 0 Å². The molecule has 102 valence electrons. The number of piperidine rings is 1. The maximum absolute atomic E-state index is 4.51. The zero-order valence-corrected chi connectivity index (χ0v) is 12.6. The van der Waals surface area contributed by atoms with Crippen LogP contribution in [0.1, 0.15) is 56.0 Å². The van der Waals surface area contributed by atoms with E-state index in [0.29, 0.717) is 6.04 Å². The van der Waals surface area contributed by atoms with Crippen LogP contribution >= 0.6 is 11.3 Å². The maximum atomic E-state index is 4.51. The summed E-state index contributed by atoms with van der Waals surface area (Å²) < 4.78 is 0. The van der Waals surface area contributed by atoms with Gasteiger partial charge in [0.05, 0.1) is 6.04 Å². The van der Waals surface area contributed by atoms with E-state index in [-0.39, 0.29) is 5.54 Å². The van der Waals surface area contributed by atoms with Gasteiger partial charge in [-0.2, -0.15) is 0 Å². The van der Waals surface area contributed by atoms with Gasteiger partial charge in [-0.25, -0.2) is 4.98 Å². The number of rotatable bonds is 5. The highest BCUT2D eigenvalue weighted by Gasteiger charge is 2.26. The third-order valence-corrected chi connectivity index (χ3v) is 5.12. The summed E-state index contributed by atoms with van der Waals surface area (Å²) in [4.78, 5) is 5.88. The Kier molecular flexibility index (Phi) is 4.76. The quantitative estimate of drug-likeness (QED) is 0.861. The van der Waals surface area contributed by atoms with Crippen LogP contribution in [0.15, 0.2) is 6.20 Å². The highest BCUT2D eigenvalue weighted by Crippen LogP contribution is 2.22. The van der Waals surface area contributed by atoms with Crippen LogP contribution in [0, 0.1) is 0 Å². The molecule has 1 aromatic heterocycles. The molecule has 0 amide bonds. The summed E-state index contributed by atoms with van der Waals surface area (Å²) in [5.41, 5.74) is 0.261. The van der Waals surface area contributed by atoms with Gasteiger partial charge in [0.25, 0.3) is 0 Å². The van der Waals surface area contributed by atoms with Crippen molar-refractivity contribution >= 4 is 11.3 Å². The van der Waals surface area contributed by atoms with Crippen molar-refractivity contribution in [3.8, 4) is 0 Å². The second-order valence-corrected chi connectivity index (χ2v) is 6.71. The average Bonchev–Trinajstić information content (AvgIpc) is 2.86. The first-order valence-electron chi connectivity index (χ1n) is 7.06. The topological polar surface area (TPSA) is 37.0 Å². The fourth-order valence-electron chi connectivity index (χ4n) is 2.42. The van der Waals surface area contributed by atoms with E-state index in [4.69, 9.17) is 0 Å². The first kappa shape index (κ1) is 14.0. The van der Waals surface area contributed by atoms with Crippen LogP contribution in [0.4, 0.5) is 0 Å². The van der Waals surface area contributed by atoms with Gasteiger partial charge in [-0.15, -0.1) is 11.3 Å². The van der Waals surface area contributed by atoms with Crippen molar-refractivity contribution in [2.45, 2.75) is 58.0 Å². The number of aromatic nitrogens is 1. The Labute approximate surface area is 114 Å². The van der Waals surface area contributed by atoms with Gasteiger partial charge in [-0.3, -0.25) is 0 Å². The summed E-state index contributed by atoms with van der Waals surface area (Å²) in [5.74, 6) is 0. The van der Waals surface area contributed by atoms with E-state index >= 15 is 0 Å². The van der Waals surface area contributed by atoms with Gasteiger partial charge >= 0.3 is 0 Å². The minimum absolute atomic E-state index is 0.261. The first-order chi connectivity index (χ1) is 8.63. The lowest BCUT2D eigenvalue weighted by Gasteiger charge is -2.36. The second kappa shape index (κ2) is 6.13. The Bertz CT molecular complexity index is 369. The molecular weight excluding hydrogens is 242 g/mol. The Hall–Kier alpha value is -0.450. The molecule has 2 atom stereocenters.